The first-order valence-corrected chi connectivity index (χ1v) is 6.19. The molecule has 2 heterocycles. The van der Waals surface area contributed by atoms with Crippen LogP contribution in [0.2, 0.25) is 10.0 Å². The highest BCUT2D eigenvalue weighted by Crippen LogP contribution is 2.28. The second-order valence-corrected chi connectivity index (χ2v) is 4.61. The zero-order valence-corrected chi connectivity index (χ0v) is 11.1. The molecule has 0 unspecified atom stereocenters. The second kappa shape index (κ2) is 4.99. The summed E-state index contributed by atoms with van der Waals surface area (Å²) in [5.41, 5.74) is 1.51. The monoisotopic (exact) mass is 291 g/mol. The molecule has 2 aromatic heterocycles. The van der Waals surface area contributed by atoms with Crippen molar-refractivity contribution in [3.8, 4) is 22.8 Å². The Labute approximate surface area is 119 Å². The average Bonchev–Trinajstić information content (AvgIpc) is 2.93. The van der Waals surface area contributed by atoms with Gasteiger partial charge in [-0.2, -0.15) is 4.98 Å². The summed E-state index contributed by atoms with van der Waals surface area (Å²) in [6, 6.07) is 8.81. The van der Waals surface area contributed by atoms with E-state index in [1.165, 1.54) is 0 Å². The first-order chi connectivity index (χ1) is 9.24. The lowest BCUT2D eigenvalue weighted by Gasteiger charge is -1.97. The molecule has 0 saturated heterocycles. The predicted octanol–water partition coefficient (Wildman–Crippen LogP) is 4.11. The van der Waals surface area contributed by atoms with Gasteiger partial charge in [0.2, 0.25) is 5.82 Å². The maximum absolute atomic E-state index is 5.96. The van der Waals surface area contributed by atoms with Gasteiger partial charge in [-0.15, -0.1) is 0 Å². The molecule has 94 valence electrons. The van der Waals surface area contributed by atoms with Gasteiger partial charge in [0.05, 0.1) is 10.0 Å². The molecule has 0 fully saturated rings. The molecule has 6 heteroatoms. The zero-order valence-electron chi connectivity index (χ0n) is 9.55. The molecule has 0 bridgehead atoms. The molecule has 0 amide bonds. The zero-order chi connectivity index (χ0) is 13.2. The maximum atomic E-state index is 5.96. The van der Waals surface area contributed by atoms with E-state index in [1.54, 1.807) is 30.6 Å². The summed E-state index contributed by atoms with van der Waals surface area (Å²) in [5.74, 6) is 0.867. The van der Waals surface area contributed by atoms with Crippen LogP contribution in [0.15, 0.2) is 47.2 Å². The van der Waals surface area contributed by atoms with Crippen molar-refractivity contribution in [1.29, 1.82) is 0 Å². The third-order valence-electron chi connectivity index (χ3n) is 2.51. The van der Waals surface area contributed by atoms with Gasteiger partial charge in [0.1, 0.15) is 0 Å². The van der Waals surface area contributed by atoms with Crippen molar-refractivity contribution in [1.82, 2.24) is 15.1 Å². The number of hydrogen-bond acceptors (Lipinski definition) is 4. The number of aromatic nitrogens is 3. The summed E-state index contributed by atoms with van der Waals surface area (Å²) in [7, 11) is 0. The summed E-state index contributed by atoms with van der Waals surface area (Å²) in [4.78, 5) is 8.31. The lowest BCUT2D eigenvalue weighted by molar-refractivity contribution is 0.432. The molecule has 3 aromatic rings. The third-order valence-corrected chi connectivity index (χ3v) is 3.25. The first-order valence-electron chi connectivity index (χ1n) is 5.43. The van der Waals surface area contributed by atoms with E-state index in [4.69, 9.17) is 27.7 Å². The summed E-state index contributed by atoms with van der Waals surface area (Å²) in [6.45, 7) is 0. The van der Waals surface area contributed by atoms with Gasteiger partial charge < -0.3 is 4.52 Å². The standard InChI is InChI=1S/C13H7Cl2N3O/c14-10-4-3-8(6-11(10)15)13-17-12(18-19-13)9-2-1-5-16-7-9/h1-7H. The highest BCUT2D eigenvalue weighted by molar-refractivity contribution is 6.42. The SMILES string of the molecule is Clc1ccc(-c2nc(-c3cccnc3)no2)cc1Cl. The van der Waals surface area contributed by atoms with Gasteiger partial charge in [0.15, 0.2) is 0 Å². The van der Waals surface area contributed by atoms with E-state index in [0.717, 1.165) is 11.1 Å². The Kier molecular flexibility index (Phi) is 3.19. The van der Waals surface area contributed by atoms with Crippen molar-refractivity contribution < 1.29 is 4.52 Å². The molecule has 1 aromatic carbocycles. The van der Waals surface area contributed by atoms with E-state index in [2.05, 4.69) is 15.1 Å². The van der Waals surface area contributed by atoms with Crippen molar-refractivity contribution >= 4 is 23.2 Å². The lowest BCUT2D eigenvalue weighted by Crippen LogP contribution is -1.82. The average molecular weight is 292 g/mol. The molecule has 0 spiro atoms. The number of pyridine rings is 1. The van der Waals surface area contributed by atoms with Gasteiger partial charge >= 0.3 is 0 Å². The normalized spacial score (nSPS) is 10.6. The maximum Gasteiger partial charge on any atom is 0.258 e. The molecule has 0 aliphatic carbocycles. The lowest BCUT2D eigenvalue weighted by atomic mass is 10.2. The first kappa shape index (κ1) is 12.1. The van der Waals surface area contributed by atoms with Crippen LogP contribution in [0.25, 0.3) is 22.8 Å². The topological polar surface area (TPSA) is 51.8 Å². The summed E-state index contributed by atoms with van der Waals surface area (Å²) >= 11 is 11.8. The quantitative estimate of drug-likeness (QED) is 0.713. The summed E-state index contributed by atoms with van der Waals surface area (Å²) in [5, 5.41) is 4.84. The van der Waals surface area contributed by atoms with Gasteiger partial charge in [-0.25, -0.2) is 0 Å². The molecule has 0 radical (unpaired) electrons. The number of benzene rings is 1. The largest absolute Gasteiger partial charge is 0.334 e. The highest BCUT2D eigenvalue weighted by atomic mass is 35.5. The van der Waals surface area contributed by atoms with E-state index >= 15 is 0 Å². The Hall–Kier alpha value is -1.91. The number of halogens is 2. The summed E-state index contributed by atoms with van der Waals surface area (Å²) in [6.07, 6.45) is 3.35. The molecular weight excluding hydrogens is 285 g/mol. The van der Waals surface area contributed by atoms with Crippen LogP contribution in [0.1, 0.15) is 0 Å². The van der Waals surface area contributed by atoms with Crippen LogP contribution in [0.5, 0.6) is 0 Å². The van der Waals surface area contributed by atoms with E-state index in [9.17, 15) is 0 Å². The van der Waals surface area contributed by atoms with E-state index in [0.29, 0.717) is 21.8 Å². The van der Waals surface area contributed by atoms with Gasteiger partial charge in [0.25, 0.3) is 5.89 Å². The Morgan fingerprint density at radius 3 is 2.63 bits per heavy atom. The molecule has 19 heavy (non-hydrogen) atoms. The van der Waals surface area contributed by atoms with Crippen molar-refractivity contribution in [2.75, 3.05) is 0 Å². The molecule has 0 atom stereocenters. The van der Waals surface area contributed by atoms with Gasteiger partial charge in [-0.3, -0.25) is 4.98 Å². The molecule has 3 rings (SSSR count). The van der Waals surface area contributed by atoms with Crippen LogP contribution in [-0.4, -0.2) is 15.1 Å². The van der Waals surface area contributed by atoms with E-state index < -0.39 is 0 Å². The summed E-state index contributed by atoms with van der Waals surface area (Å²) < 4.78 is 5.21. The third kappa shape index (κ3) is 2.45. The fraction of sp³-hybridized carbons (Fsp3) is 0. The minimum absolute atomic E-state index is 0.386. The number of hydrogen-bond donors (Lipinski definition) is 0. The molecular formula is C13H7Cl2N3O. The molecule has 0 aliphatic heterocycles. The van der Waals surface area contributed by atoms with E-state index in [-0.39, 0.29) is 0 Å². The molecule has 4 nitrogen and oxygen atoms in total. The Balaban J connectivity index is 1.99. The fourth-order valence-corrected chi connectivity index (χ4v) is 1.88. The van der Waals surface area contributed by atoms with Crippen LogP contribution in [0, 0.1) is 0 Å². The Morgan fingerprint density at radius 1 is 1.00 bits per heavy atom. The van der Waals surface area contributed by atoms with Crippen LogP contribution in [0.4, 0.5) is 0 Å². The molecule has 0 saturated carbocycles. The van der Waals surface area contributed by atoms with Crippen molar-refractivity contribution in [2.24, 2.45) is 0 Å². The van der Waals surface area contributed by atoms with Crippen LogP contribution >= 0.6 is 23.2 Å². The highest BCUT2D eigenvalue weighted by Gasteiger charge is 2.11. The number of rotatable bonds is 2. The van der Waals surface area contributed by atoms with Gasteiger partial charge in [-0.1, -0.05) is 28.4 Å². The van der Waals surface area contributed by atoms with Gasteiger partial charge in [0, 0.05) is 23.5 Å². The fourth-order valence-electron chi connectivity index (χ4n) is 1.58. The minimum Gasteiger partial charge on any atom is -0.334 e. The predicted molar refractivity (Wildman–Crippen MR) is 73.0 cm³/mol. The van der Waals surface area contributed by atoms with Crippen molar-refractivity contribution in [3.63, 3.8) is 0 Å². The molecule has 0 aliphatic rings. The van der Waals surface area contributed by atoms with Gasteiger partial charge in [-0.05, 0) is 30.3 Å². The van der Waals surface area contributed by atoms with Crippen LogP contribution in [-0.2, 0) is 0 Å². The Morgan fingerprint density at radius 2 is 1.89 bits per heavy atom. The molecule has 0 N–H and O–H groups in total. The van der Waals surface area contributed by atoms with E-state index in [1.807, 2.05) is 12.1 Å². The smallest absolute Gasteiger partial charge is 0.258 e. The Bertz CT molecular complexity index is 713. The number of nitrogens with zero attached hydrogens (tertiary/aromatic N) is 3. The van der Waals surface area contributed by atoms with Crippen molar-refractivity contribution in [3.05, 3.63) is 52.8 Å². The van der Waals surface area contributed by atoms with Crippen LogP contribution < -0.4 is 0 Å². The van der Waals surface area contributed by atoms with Crippen molar-refractivity contribution in [2.45, 2.75) is 0 Å². The minimum atomic E-state index is 0.386. The second-order valence-electron chi connectivity index (χ2n) is 3.79. The van der Waals surface area contributed by atoms with Crippen LogP contribution in [0.3, 0.4) is 0 Å².